The second kappa shape index (κ2) is 4.63. The molecule has 1 amide bonds. The number of hydrogen-bond donors (Lipinski definition) is 1. The summed E-state index contributed by atoms with van der Waals surface area (Å²) in [5.41, 5.74) is 1.50. The molecule has 2 aliphatic heterocycles. The first kappa shape index (κ1) is 12.7. The van der Waals surface area contributed by atoms with Gasteiger partial charge in [0.15, 0.2) is 0 Å². The van der Waals surface area contributed by atoms with Gasteiger partial charge in [-0.25, -0.2) is 0 Å². The van der Waals surface area contributed by atoms with Gasteiger partial charge >= 0.3 is 0 Å². The number of piperidine rings is 1. The molecule has 0 spiro atoms. The van der Waals surface area contributed by atoms with Crippen molar-refractivity contribution in [2.24, 2.45) is 7.05 Å². The Bertz CT molecular complexity index is 482. The average Bonchev–Trinajstić information content (AvgIpc) is 2.77. The van der Waals surface area contributed by atoms with Gasteiger partial charge in [-0.1, -0.05) is 0 Å². The molecule has 0 radical (unpaired) electrons. The third kappa shape index (κ3) is 2.27. The molecule has 0 saturated carbocycles. The van der Waals surface area contributed by atoms with Gasteiger partial charge in [-0.15, -0.1) is 0 Å². The van der Waals surface area contributed by atoms with Crippen molar-refractivity contribution in [3.63, 3.8) is 0 Å². The van der Waals surface area contributed by atoms with Crippen LogP contribution in [0, 0.1) is 6.92 Å². The fourth-order valence-electron chi connectivity index (χ4n) is 3.62. The van der Waals surface area contributed by atoms with Crippen LogP contribution in [0.1, 0.15) is 41.7 Å². The Labute approximate surface area is 114 Å². The molecule has 0 aromatic carbocycles. The minimum Gasteiger partial charge on any atom is -0.349 e. The largest absolute Gasteiger partial charge is 0.349 e. The van der Waals surface area contributed by atoms with E-state index in [1.807, 2.05) is 14.0 Å². The minimum absolute atomic E-state index is 0.0274. The van der Waals surface area contributed by atoms with E-state index < -0.39 is 0 Å². The molecule has 0 aliphatic carbocycles. The van der Waals surface area contributed by atoms with Crippen LogP contribution in [-0.4, -0.2) is 45.8 Å². The molecule has 104 valence electrons. The number of nitrogens with zero attached hydrogens (tertiary/aromatic N) is 3. The van der Waals surface area contributed by atoms with E-state index in [1.54, 1.807) is 10.9 Å². The summed E-state index contributed by atoms with van der Waals surface area (Å²) >= 11 is 0. The quantitative estimate of drug-likeness (QED) is 0.868. The average molecular weight is 262 g/mol. The minimum atomic E-state index is 0.0274. The first-order valence-electron chi connectivity index (χ1n) is 7.07. The second-order valence-corrected chi connectivity index (χ2v) is 5.99. The van der Waals surface area contributed by atoms with Crippen LogP contribution in [0.2, 0.25) is 0 Å². The molecular formula is C14H22N4O. The first-order valence-corrected chi connectivity index (χ1v) is 7.07. The second-order valence-electron chi connectivity index (χ2n) is 5.99. The van der Waals surface area contributed by atoms with Crippen molar-refractivity contribution in [2.75, 3.05) is 7.05 Å². The van der Waals surface area contributed by atoms with Crippen molar-refractivity contribution in [3.05, 3.63) is 17.5 Å². The van der Waals surface area contributed by atoms with Gasteiger partial charge in [0.25, 0.3) is 5.91 Å². The van der Waals surface area contributed by atoms with Gasteiger partial charge in [-0.05, 0) is 39.7 Å². The summed E-state index contributed by atoms with van der Waals surface area (Å²) < 4.78 is 1.70. The number of carbonyl (C=O) groups excluding carboxylic acids is 1. The molecule has 2 saturated heterocycles. The molecule has 2 fully saturated rings. The summed E-state index contributed by atoms with van der Waals surface area (Å²) in [4.78, 5) is 14.8. The predicted molar refractivity (Wildman–Crippen MR) is 73.0 cm³/mol. The maximum atomic E-state index is 12.3. The molecular weight excluding hydrogens is 240 g/mol. The Balaban J connectivity index is 1.66. The highest BCUT2D eigenvalue weighted by molar-refractivity contribution is 5.95. The van der Waals surface area contributed by atoms with Crippen molar-refractivity contribution in [1.29, 1.82) is 0 Å². The van der Waals surface area contributed by atoms with Crippen LogP contribution in [0.4, 0.5) is 0 Å². The Morgan fingerprint density at radius 2 is 1.95 bits per heavy atom. The van der Waals surface area contributed by atoms with E-state index in [4.69, 9.17) is 0 Å². The topological polar surface area (TPSA) is 50.2 Å². The van der Waals surface area contributed by atoms with Crippen LogP contribution in [0.5, 0.6) is 0 Å². The SMILES string of the molecule is Cc1nn(C)cc1C(=O)NC1CC2CCC(C1)N2C. The molecule has 2 unspecified atom stereocenters. The van der Waals surface area contributed by atoms with Crippen molar-refractivity contribution < 1.29 is 4.79 Å². The van der Waals surface area contributed by atoms with E-state index in [1.165, 1.54) is 12.8 Å². The van der Waals surface area contributed by atoms with Crippen molar-refractivity contribution in [2.45, 2.75) is 50.7 Å². The molecule has 3 heterocycles. The van der Waals surface area contributed by atoms with Gasteiger partial charge in [0.2, 0.25) is 0 Å². The van der Waals surface area contributed by atoms with Crippen molar-refractivity contribution in [3.8, 4) is 0 Å². The maximum Gasteiger partial charge on any atom is 0.254 e. The molecule has 5 heteroatoms. The summed E-state index contributed by atoms with van der Waals surface area (Å²) in [7, 11) is 4.06. The Hall–Kier alpha value is -1.36. The standard InChI is InChI=1S/C14H22N4O/c1-9-13(8-17(2)16-9)14(19)15-10-6-11-4-5-12(7-10)18(11)3/h8,10-12H,4-7H2,1-3H3,(H,15,19). The lowest BCUT2D eigenvalue weighted by atomic mass is 9.97. The van der Waals surface area contributed by atoms with E-state index >= 15 is 0 Å². The molecule has 2 aliphatic rings. The predicted octanol–water partition coefficient (Wildman–Crippen LogP) is 1.08. The highest BCUT2D eigenvalue weighted by Gasteiger charge is 2.38. The number of aromatic nitrogens is 2. The van der Waals surface area contributed by atoms with Gasteiger partial charge < -0.3 is 10.2 Å². The number of aryl methyl sites for hydroxylation is 2. The molecule has 1 N–H and O–H groups in total. The van der Waals surface area contributed by atoms with E-state index in [2.05, 4.69) is 22.4 Å². The summed E-state index contributed by atoms with van der Waals surface area (Å²) in [5, 5.41) is 7.42. The highest BCUT2D eigenvalue weighted by Crippen LogP contribution is 2.34. The number of rotatable bonds is 2. The summed E-state index contributed by atoms with van der Waals surface area (Å²) in [6, 6.07) is 1.62. The number of hydrogen-bond acceptors (Lipinski definition) is 3. The van der Waals surface area contributed by atoms with E-state index in [-0.39, 0.29) is 5.91 Å². The molecule has 19 heavy (non-hydrogen) atoms. The summed E-state index contributed by atoms with van der Waals surface area (Å²) in [5.74, 6) is 0.0274. The first-order chi connectivity index (χ1) is 9.04. The van der Waals surface area contributed by atoms with Crippen LogP contribution < -0.4 is 5.32 Å². The van der Waals surface area contributed by atoms with Crippen molar-refractivity contribution >= 4 is 5.91 Å². The monoisotopic (exact) mass is 262 g/mol. The lowest BCUT2D eigenvalue weighted by Crippen LogP contribution is -2.48. The summed E-state index contributed by atoms with van der Waals surface area (Å²) in [6.45, 7) is 1.88. The highest BCUT2D eigenvalue weighted by atomic mass is 16.1. The van der Waals surface area contributed by atoms with Crippen LogP contribution in [0.25, 0.3) is 0 Å². The molecule has 1 aromatic rings. The van der Waals surface area contributed by atoms with Gasteiger partial charge in [0, 0.05) is 31.4 Å². The van der Waals surface area contributed by atoms with Gasteiger partial charge in [0.05, 0.1) is 11.3 Å². The Morgan fingerprint density at radius 3 is 2.47 bits per heavy atom. The fraction of sp³-hybridized carbons (Fsp3) is 0.714. The van der Waals surface area contributed by atoms with Crippen molar-refractivity contribution in [1.82, 2.24) is 20.0 Å². The molecule has 3 rings (SSSR count). The normalized spacial score (nSPS) is 30.6. The van der Waals surface area contributed by atoms with Gasteiger partial charge in [-0.3, -0.25) is 9.48 Å². The molecule has 2 bridgehead atoms. The van der Waals surface area contributed by atoms with Crippen LogP contribution >= 0.6 is 0 Å². The Kier molecular flexibility index (Phi) is 3.09. The summed E-state index contributed by atoms with van der Waals surface area (Å²) in [6.07, 6.45) is 6.52. The van der Waals surface area contributed by atoms with E-state index in [0.29, 0.717) is 23.7 Å². The third-order valence-corrected chi connectivity index (χ3v) is 4.69. The fourth-order valence-corrected chi connectivity index (χ4v) is 3.62. The molecule has 2 atom stereocenters. The smallest absolute Gasteiger partial charge is 0.254 e. The lowest BCUT2D eigenvalue weighted by Gasteiger charge is -2.36. The lowest BCUT2D eigenvalue weighted by molar-refractivity contribution is 0.0882. The van der Waals surface area contributed by atoms with Crippen LogP contribution in [0.15, 0.2) is 6.20 Å². The van der Waals surface area contributed by atoms with Crippen LogP contribution in [-0.2, 0) is 7.05 Å². The molecule has 1 aromatic heterocycles. The van der Waals surface area contributed by atoms with Gasteiger partial charge in [0.1, 0.15) is 0 Å². The zero-order chi connectivity index (χ0) is 13.6. The third-order valence-electron chi connectivity index (χ3n) is 4.69. The number of nitrogens with one attached hydrogen (secondary N) is 1. The number of carbonyl (C=O) groups is 1. The van der Waals surface area contributed by atoms with Gasteiger partial charge in [-0.2, -0.15) is 5.10 Å². The Morgan fingerprint density at radius 1 is 1.32 bits per heavy atom. The van der Waals surface area contributed by atoms with E-state index in [9.17, 15) is 4.79 Å². The zero-order valence-electron chi connectivity index (χ0n) is 11.9. The zero-order valence-corrected chi connectivity index (χ0v) is 11.9. The molecule has 5 nitrogen and oxygen atoms in total. The van der Waals surface area contributed by atoms with Crippen LogP contribution in [0.3, 0.4) is 0 Å². The number of amides is 1. The van der Waals surface area contributed by atoms with E-state index in [0.717, 1.165) is 18.5 Å². The number of fused-ring (bicyclic) bond motifs is 2. The maximum absolute atomic E-state index is 12.3.